The molecular weight excluding hydrogens is 339 g/mol. The quantitative estimate of drug-likeness (QED) is 0.860. The molecule has 0 aliphatic heterocycles. The molecule has 0 saturated carbocycles. The van der Waals surface area contributed by atoms with Crippen LogP contribution in [-0.2, 0) is 10.0 Å². The molecule has 0 aliphatic rings. The zero-order valence-electron chi connectivity index (χ0n) is 8.52. The lowest BCUT2D eigenvalue weighted by Gasteiger charge is -2.05. The van der Waals surface area contributed by atoms with E-state index in [0.29, 0.717) is 4.34 Å². The van der Waals surface area contributed by atoms with Gasteiger partial charge in [-0.25, -0.2) is 13.4 Å². The van der Waals surface area contributed by atoms with Gasteiger partial charge in [-0.15, -0.1) is 11.3 Å². The fourth-order valence-corrected chi connectivity index (χ4v) is 4.48. The number of pyridine rings is 1. The number of halogens is 3. The van der Waals surface area contributed by atoms with Crippen LogP contribution in [-0.4, -0.2) is 13.4 Å². The topological polar surface area (TPSA) is 59.1 Å². The van der Waals surface area contributed by atoms with Gasteiger partial charge in [0.05, 0.1) is 4.34 Å². The minimum Gasteiger partial charge on any atom is -0.263 e. The predicted octanol–water partition coefficient (Wildman–Crippen LogP) is 3.90. The van der Waals surface area contributed by atoms with Gasteiger partial charge in [0, 0.05) is 0 Å². The fraction of sp³-hybridized carbons (Fsp3) is 0. The summed E-state index contributed by atoms with van der Waals surface area (Å²) in [7, 11) is -3.82. The number of sulfonamides is 1. The van der Waals surface area contributed by atoms with Crippen molar-refractivity contribution in [1.82, 2.24) is 4.98 Å². The van der Waals surface area contributed by atoms with Gasteiger partial charge in [0.1, 0.15) is 20.2 Å². The van der Waals surface area contributed by atoms with Crippen molar-refractivity contribution >= 4 is 62.0 Å². The Balaban J connectivity index is 2.36. The summed E-state index contributed by atoms with van der Waals surface area (Å²) in [5, 5.41) is 0.185. The summed E-state index contributed by atoms with van der Waals surface area (Å²) in [5.74, 6) is 0.112. The van der Waals surface area contributed by atoms with Crippen LogP contribution in [0.5, 0.6) is 0 Å². The number of aromatic nitrogens is 1. The average Bonchev–Trinajstić information content (AvgIpc) is 2.58. The van der Waals surface area contributed by atoms with Crippen LogP contribution in [0.15, 0.2) is 29.2 Å². The predicted molar refractivity (Wildman–Crippen MR) is 74.4 cm³/mol. The van der Waals surface area contributed by atoms with Crippen LogP contribution in [0.1, 0.15) is 0 Å². The molecule has 18 heavy (non-hydrogen) atoms. The van der Waals surface area contributed by atoms with E-state index in [1.165, 1.54) is 18.2 Å². The second-order valence-electron chi connectivity index (χ2n) is 3.14. The Hall–Kier alpha value is -0.530. The van der Waals surface area contributed by atoms with Crippen LogP contribution >= 0.6 is 46.1 Å². The van der Waals surface area contributed by atoms with Gasteiger partial charge in [-0.2, -0.15) is 0 Å². The highest BCUT2D eigenvalue weighted by atomic mass is 35.5. The Labute approximate surface area is 123 Å². The van der Waals surface area contributed by atoms with Gasteiger partial charge >= 0.3 is 0 Å². The Morgan fingerprint density at radius 3 is 2.50 bits per heavy atom. The third-order valence-corrected chi connectivity index (χ3v) is 5.19. The Kier molecular flexibility index (Phi) is 4.03. The first-order chi connectivity index (χ1) is 8.38. The lowest BCUT2D eigenvalue weighted by molar-refractivity contribution is 0.601. The van der Waals surface area contributed by atoms with E-state index in [4.69, 9.17) is 34.8 Å². The average molecular weight is 344 g/mol. The lowest BCUT2D eigenvalue weighted by Crippen LogP contribution is -2.13. The first kappa shape index (κ1) is 13.9. The monoisotopic (exact) mass is 342 g/mol. The van der Waals surface area contributed by atoms with Crippen molar-refractivity contribution in [3.8, 4) is 0 Å². The molecule has 0 aromatic carbocycles. The molecule has 0 saturated heterocycles. The fourth-order valence-electron chi connectivity index (χ4n) is 1.17. The van der Waals surface area contributed by atoms with E-state index in [1.807, 2.05) is 0 Å². The minimum atomic E-state index is -3.82. The number of rotatable bonds is 3. The summed E-state index contributed by atoms with van der Waals surface area (Å²) in [5.41, 5.74) is 0. The van der Waals surface area contributed by atoms with E-state index in [2.05, 4.69) is 9.71 Å². The summed E-state index contributed by atoms with van der Waals surface area (Å²) < 4.78 is 26.7. The van der Waals surface area contributed by atoms with Gasteiger partial charge in [0.15, 0.2) is 0 Å². The Bertz CT molecular complexity index is 685. The number of nitrogens with zero attached hydrogens (tertiary/aromatic N) is 1. The van der Waals surface area contributed by atoms with E-state index in [-0.39, 0.29) is 20.2 Å². The second-order valence-corrected chi connectivity index (χ2v) is 7.46. The molecule has 0 amide bonds. The highest BCUT2D eigenvalue weighted by Crippen LogP contribution is 2.34. The molecule has 1 N–H and O–H groups in total. The number of anilines is 1. The summed E-state index contributed by atoms with van der Waals surface area (Å²) in [4.78, 5) is 3.74. The molecule has 96 valence electrons. The molecule has 0 atom stereocenters. The molecule has 2 rings (SSSR count). The molecule has 0 bridgehead atoms. The van der Waals surface area contributed by atoms with Crippen LogP contribution in [0.25, 0.3) is 0 Å². The summed E-state index contributed by atoms with van der Waals surface area (Å²) in [6.45, 7) is 0. The SMILES string of the molecule is O=S(=O)(Nc1cccc(Cl)n1)c1cc(Cl)sc1Cl. The van der Waals surface area contributed by atoms with Crippen molar-refractivity contribution in [3.05, 3.63) is 38.1 Å². The molecule has 0 spiro atoms. The van der Waals surface area contributed by atoms with Crippen molar-refractivity contribution in [2.75, 3.05) is 4.72 Å². The van der Waals surface area contributed by atoms with Crippen molar-refractivity contribution in [1.29, 1.82) is 0 Å². The molecule has 0 radical (unpaired) electrons. The third kappa shape index (κ3) is 3.07. The number of hydrogen-bond acceptors (Lipinski definition) is 4. The van der Waals surface area contributed by atoms with Crippen LogP contribution in [0, 0.1) is 0 Å². The highest BCUT2D eigenvalue weighted by Gasteiger charge is 2.21. The number of thiophene rings is 1. The molecule has 2 heterocycles. The molecule has 4 nitrogen and oxygen atoms in total. The van der Waals surface area contributed by atoms with Crippen LogP contribution in [0.4, 0.5) is 5.82 Å². The van der Waals surface area contributed by atoms with E-state index >= 15 is 0 Å². The van der Waals surface area contributed by atoms with E-state index in [1.54, 1.807) is 6.07 Å². The van der Waals surface area contributed by atoms with Crippen molar-refractivity contribution < 1.29 is 8.42 Å². The Morgan fingerprint density at radius 2 is 1.94 bits per heavy atom. The van der Waals surface area contributed by atoms with Gasteiger partial charge in [-0.1, -0.05) is 40.9 Å². The lowest BCUT2D eigenvalue weighted by atomic mass is 10.5. The normalized spacial score (nSPS) is 11.5. The zero-order valence-corrected chi connectivity index (χ0v) is 12.4. The first-order valence-corrected chi connectivity index (χ1v) is 7.92. The molecular formula is C9H5Cl3N2O2S2. The van der Waals surface area contributed by atoms with Crippen molar-refractivity contribution in [3.63, 3.8) is 0 Å². The van der Waals surface area contributed by atoms with Crippen LogP contribution in [0.2, 0.25) is 13.8 Å². The second kappa shape index (κ2) is 5.22. The first-order valence-electron chi connectivity index (χ1n) is 4.49. The summed E-state index contributed by atoms with van der Waals surface area (Å²) in [6.07, 6.45) is 0. The minimum absolute atomic E-state index is 0.0825. The van der Waals surface area contributed by atoms with E-state index < -0.39 is 10.0 Å². The maximum absolute atomic E-state index is 12.0. The molecule has 0 fully saturated rings. The highest BCUT2D eigenvalue weighted by molar-refractivity contribution is 7.93. The van der Waals surface area contributed by atoms with Gasteiger partial charge in [-0.05, 0) is 18.2 Å². The molecule has 0 unspecified atom stereocenters. The van der Waals surface area contributed by atoms with Gasteiger partial charge in [0.2, 0.25) is 0 Å². The van der Waals surface area contributed by atoms with Crippen LogP contribution < -0.4 is 4.72 Å². The molecule has 2 aromatic heterocycles. The van der Waals surface area contributed by atoms with Crippen LogP contribution in [0.3, 0.4) is 0 Å². The van der Waals surface area contributed by atoms with Gasteiger partial charge in [0.25, 0.3) is 10.0 Å². The number of nitrogens with one attached hydrogen (secondary N) is 1. The summed E-state index contributed by atoms with van der Waals surface area (Å²) >= 11 is 18.1. The zero-order chi connectivity index (χ0) is 13.3. The van der Waals surface area contributed by atoms with Gasteiger partial charge in [-0.3, -0.25) is 4.72 Å². The van der Waals surface area contributed by atoms with Crippen molar-refractivity contribution in [2.24, 2.45) is 0 Å². The van der Waals surface area contributed by atoms with E-state index in [9.17, 15) is 8.42 Å². The van der Waals surface area contributed by atoms with Crippen molar-refractivity contribution in [2.45, 2.75) is 4.90 Å². The molecule has 9 heteroatoms. The van der Waals surface area contributed by atoms with E-state index in [0.717, 1.165) is 11.3 Å². The molecule has 0 aliphatic carbocycles. The smallest absolute Gasteiger partial charge is 0.263 e. The molecule has 2 aromatic rings. The van der Waals surface area contributed by atoms with Gasteiger partial charge < -0.3 is 0 Å². The number of hydrogen-bond donors (Lipinski definition) is 1. The largest absolute Gasteiger partial charge is 0.265 e. The third-order valence-electron chi connectivity index (χ3n) is 1.87. The standard InChI is InChI=1S/C9H5Cl3N2O2S2/c10-6-2-1-3-8(13-6)14-18(15,16)5-4-7(11)17-9(5)12/h1-4H,(H,13,14). The maximum Gasteiger partial charge on any atom is 0.265 e. The Morgan fingerprint density at radius 1 is 1.22 bits per heavy atom. The maximum atomic E-state index is 12.0. The summed E-state index contributed by atoms with van der Waals surface area (Å²) in [6, 6.07) is 5.87.